The second kappa shape index (κ2) is 8.96. The van der Waals surface area contributed by atoms with Crippen LogP contribution in [0.4, 0.5) is 0 Å². The third-order valence-corrected chi connectivity index (χ3v) is 3.23. The number of allylic oxidation sites excluding steroid dienone is 11. The largest absolute Gasteiger partial charge is 0.326 e. The summed E-state index contributed by atoms with van der Waals surface area (Å²) in [5.41, 5.74) is 4.24. The molecule has 1 saturated heterocycles. The summed E-state index contributed by atoms with van der Waals surface area (Å²) in [6.07, 6.45) is 18.0. The van der Waals surface area contributed by atoms with E-state index in [0.29, 0.717) is 6.42 Å². The van der Waals surface area contributed by atoms with Crippen LogP contribution >= 0.6 is 0 Å². The van der Waals surface area contributed by atoms with Crippen molar-refractivity contribution in [1.29, 1.82) is 0 Å². The smallest absolute Gasteiger partial charge is 0.228 e. The number of hydrogen-bond donors (Lipinski definition) is 1. The Labute approximate surface area is 128 Å². The van der Waals surface area contributed by atoms with Gasteiger partial charge in [-0.1, -0.05) is 49.5 Å². The predicted octanol–water partition coefficient (Wildman–Crippen LogP) is 4.75. The van der Waals surface area contributed by atoms with Crippen LogP contribution in [0.25, 0.3) is 0 Å². The molecule has 0 unspecified atom stereocenters. The molecule has 0 saturated carbocycles. The van der Waals surface area contributed by atoms with Crippen LogP contribution in [0.1, 0.15) is 40.5 Å². The predicted molar refractivity (Wildman–Crippen MR) is 90.7 cm³/mol. The molecule has 112 valence electrons. The summed E-state index contributed by atoms with van der Waals surface area (Å²) in [7, 11) is 0. The Bertz CT molecular complexity index is 554. The van der Waals surface area contributed by atoms with Crippen molar-refractivity contribution in [3.8, 4) is 0 Å². The number of hydrogen-bond acceptors (Lipinski definition) is 1. The fourth-order valence-corrected chi connectivity index (χ4v) is 2.19. The fraction of sp³-hybridized carbons (Fsp3) is 0.316. The van der Waals surface area contributed by atoms with Crippen molar-refractivity contribution in [2.24, 2.45) is 0 Å². The van der Waals surface area contributed by atoms with Crippen molar-refractivity contribution in [1.82, 2.24) is 5.32 Å². The molecular weight excluding hydrogens is 258 g/mol. The quantitative estimate of drug-likeness (QED) is 0.725. The summed E-state index contributed by atoms with van der Waals surface area (Å²) >= 11 is 0. The lowest BCUT2D eigenvalue weighted by molar-refractivity contribution is -0.118. The van der Waals surface area contributed by atoms with Crippen molar-refractivity contribution in [3.63, 3.8) is 0 Å². The highest BCUT2D eigenvalue weighted by atomic mass is 16.1. The molecule has 21 heavy (non-hydrogen) atoms. The number of amides is 1. The van der Waals surface area contributed by atoms with Gasteiger partial charge in [0.15, 0.2) is 0 Å². The van der Waals surface area contributed by atoms with Gasteiger partial charge in [0.1, 0.15) is 0 Å². The van der Waals surface area contributed by atoms with E-state index in [-0.39, 0.29) is 5.91 Å². The van der Waals surface area contributed by atoms with E-state index in [0.717, 1.165) is 28.8 Å². The first-order valence-corrected chi connectivity index (χ1v) is 7.49. The van der Waals surface area contributed by atoms with Crippen LogP contribution in [0.15, 0.2) is 71.0 Å². The van der Waals surface area contributed by atoms with Gasteiger partial charge in [0.05, 0.1) is 6.42 Å². The molecule has 0 aromatic rings. The molecule has 0 aliphatic carbocycles. The minimum Gasteiger partial charge on any atom is -0.326 e. The van der Waals surface area contributed by atoms with Crippen LogP contribution < -0.4 is 5.32 Å². The summed E-state index contributed by atoms with van der Waals surface area (Å²) in [5, 5.41) is 2.88. The van der Waals surface area contributed by atoms with Gasteiger partial charge in [-0.05, 0) is 50.0 Å². The van der Waals surface area contributed by atoms with E-state index in [1.54, 1.807) is 0 Å². The normalized spacial score (nSPS) is 21.2. The Morgan fingerprint density at radius 3 is 2.57 bits per heavy atom. The second-order valence-corrected chi connectivity index (χ2v) is 4.80. The highest BCUT2D eigenvalue weighted by molar-refractivity contribution is 5.87. The first-order chi connectivity index (χ1) is 10.2. The molecular formula is C19H25NO. The van der Waals surface area contributed by atoms with Crippen molar-refractivity contribution in [2.75, 3.05) is 0 Å². The summed E-state index contributed by atoms with van der Waals surface area (Å²) in [6.45, 7) is 8.09. The molecule has 1 N–H and O–H groups in total. The third kappa shape index (κ3) is 5.07. The average molecular weight is 283 g/mol. The fourth-order valence-electron chi connectivity index (χ4n) is 2.19. The van der Waals surface area contributed by atoms with E-state index < -0.39 is 0 Å². The Kier molecular flexibility index (Phi) is 7.24. The number of carbonyl (C=O) groups excluding carboxylic acids is 1. The van der Waals surface area contributed by atoms with Crippen molar-refractivity contribution in [2.45, 2.75) is 40.5 Å². The summed E-state index contributed by atoms with van der Waals surface area (Å²) < 4.78 is 0. The van der Waals surface area contributed by atoms with E-state index >= 15 is 0 Å². The van der Waals surface area contributed by atoms with Crippen LogP contribution in [0.3, 0.4) is 0 Å². The Morgan fingerprint density at radius 2 is 2.00 bits per heavy atom. The zero-order valence-electron chi connectivity index (χ0n) is 13.4. The summed E-state index contributed by atoms with van der Waals surface area (Å²) in [6, 6.07) is 0. The Morgan fingerprint density at radius 1 is 1.24 bits per heavy atom. The van der Waals surface area contributed by atoms with Crippen molar-refractivity contribution >= 4 is 5.91 Å². The van der Waals surface area contributed by atoms with Crippen molar-refractivity contribution < 1.29 is 4.79 Å². The maximum absolute atomic E-state index is 11.5. The van der Waals surface area contributed by atoms with E-state index in [1.165, 1.54) is 0 Å². The minimum atomic E-state index is 0.0623. The van der Waals surface area contributed by atoms with E-state index in [9.17, 15) is 4.79 Å². The van der Waals surface area contributed by atoms with Gasteiger partial charge in [-0.15, -0.1) is 0 Å². The van der Waals surface area contributed by atoms with Crippen LogP contribution in [-0.2, 0) is 4.79 Å². The van der Waals surface area contributed by atoms with Crippen LogP contribution in [-0.4, -0.2) is 5.91 Å². The maximum Gasteiger partial charge on any atom is 0.228 e. The van der Waals surface area contributed by atoms with Gasteiger partial charge in [0, 0.05) is 5.70 Å². The van der Waals surface area contributed by atoms with Gasteiger partial charge in [-0.2, -0.15) is 0 Å². The molecule has 1 rings (SSSR count). The van der Waals surface area contributed by atoms with Gasteiger partial charge < -0.3 is 5.32 Å². The lowest BCUT2D eigenvalue weighted by atomic mass is 10.00. The molecule has 1 heterocycles. The molecule has 1 fully saturated rings. The van der Waals surface area contributed by atoms with Gasteiger partial charge in [-0.25, -0.2) is 0 Å². The van der Waals surface area contributed by atoms with Gasteiger partial charge in [0.25, 0.3) is 0 Å². The topological polar surface area (TPSA) is 29.1 Å². The SMILES string of the molecule is C\C=C/C(=C\C=C/CC)C(/C=C1/CC(=O)N/C1=C/C)=C/C. The molecule has 1 aliphatic rings. The molecule has 0 spiro atoms. The summed E-state index contributed by atoms with van der Waals surface area (Å²) in [4.78, 5) is 11.5. The van der Waals surface area contributed by atoms with Gasteiger partial charge >= 0.3 is 0 Å². The van der Waals surface area contributed by atoms with Crippen LogP contribution in [0.5, 0.6) is 0 Å². The van der Waals surface area contributed by atoms with E-state index in [4.69, 9.17) is 0 Å². The number of carbonyl (C=O) groups is 1. The molecule has 1 aliphatic heterocycles. The lowest BCUT2D eigenvalue weighted by Gasteiger charge is -2.05. The molecule has 0 radical (unpaired) electrons. The molecule has 2 nitrogen and oxygen atoms in total. The monoisotopic (exact) mass is 283 g/mol. The average Bonchev–Trinajstić information content (AvgIpc) is 2.84. The van der Waals surface area contributed by atoms with E-state index in [1.807, 2.05) is 32.9 Å². The highest BCUT2D eigenvalue weighted by Gasteiger charge is 2.19. The number of rotatable bonds is 5. The van der Waals surface area contributed by atoms with Crippen molar-refractivity contribution in [3.05, 3.63) is 71.0 Å². The standard InChI is InChI=1S/C19H25NO/c1-5-9-10-12-16(11-6-2)15(7-3)13-17-14-19(21)20-18(17)8-4/h6-13H,5,14H2,1-4H3,(H,20,21)/b10-9-,11-6-,15-7+,16-12+,17-13-,18-8+. The molecule has 1 amide bonds. The first-order valence-electron chi connectivity index (χ1n) is 7.49. The van der Waals surface area contributed by atoms with Gasteiger partial charge in [0.2, 0.25) is 5.91 Å². The second-order valence-electron chi connectivity index (χ2n) is 4.80. The third-order valence-electron chi connectivity index (χ3n) is 3.23. The zero-order valence-corrected chi connectivity index (χ0v) is 13.4. The Hall–Kier alpha value is -2.09. The minimum absolute atomic E-state index is 0.0623. The van der Waals surface area contributed by atoms with E-state index in [2.05, 4.69) is 48.7 Å². The molecule has 0 bridgehead atoms. The molecule has 2 heteroatoms. The maximum atomic E-state index is 11.5. The molecule has 0 aromatic heterocycles. The Balaban J connectivity index is 3.14. The lowest BCUT2D eigenvalue weighted by Crippen LogP contribution is -2.11. The number of nitrogens with one attached hydrogen (secondary N) is 1. The highest BCUT2D eigenvalue weighted by Crippen LogP contribution is 2.24. The first kappa shape index (κ1) is 17.0. The summed E-state index contributed by atoms with van der Waals surface area (Å²) in [5.74, 6) is 0.0623. The van der Waals surface area contributed by atoms with Crippen LogP contribution in [0, 0.1) is 0 Å². The zero-order chi connectivity index (χ0) is 15.7. The van der Waals surface area contributed by atoms with Gasteiger partial charge in [-0.3, -0.25) is 4.79 Å². The molecule has 0 atom stereocenters. The van der Waals surface area contributed by atoms with Crippen LogP contribution in [0.2, 0.25) is 0 Å². The molecule has 0 aromatic carbocycles.